The van der Waals surface area contributed by atoms with E-state index in [2.05, 4.69) is 20.6 Å². The maximum Gasteiger partial charge on any atom is 0.259 e. The minimum Gasteiger partial charge on any atom is -0.322 e. The molecule has 0 saturated carbocycles. The first kappa shape index (κ1) is 16.0. The summed E-state index contributed by atoms with van der Waals surface area (Å²) in [6.07, 6.45) is 5.33. The molecule has 0 spiro atoms. The van der Waals surface area contributed by atoms with Crippen LogP contribution in [0.5, 0.6) is 0 Å². The molecule has 0 unspecified atom stereocenters. The number of H-pyrrole nitrogens is 1. The van der Waals surface area contributed by atoms with E-state index < -0.39 is 0 Å². The highest BCUT2D eigenvalue weighted by atomic mass is 16.1. The van der Waals surface area contributed by atoms with Crippen LogP contribution in [0.4, 0.5) is 5.69 Å². The Labute approximate surface area is 140 Å². The molecule has 0 aliphatic rings. The van der Waals surface area contributed by atoms with Gasteiger partial charge < -0.3 is 5.32 Å². The first-order valence-corrected chi connectivity index (χ1v) is 7.79. The number of nitrogens with one attached hydrogen (secondary N) is 2. The molecule has 0 fully saturated rings. The highest BCUT2D eigenvalue weighted by Crippen LogP contribution is 2.26. The van der Waals surface area contributed by atoms with E-state index in [1.54, 1.807) is 17.1 Å². The number of aromatic amines is 1. The van der Waals surface area contributed by atoms with Crippen LogP contribution in [-0.4, -0.2) is 25.9 Å². The van der Waals surface area contributed by atoms with Crippen molar-refractivity contribution in [1.82, 2.24) is 20.0 Å². The van der Waals surface area contributed by atoms with E-state index in [-0.39, 0.29) is 11.3 Å². The van der Waals surface area contributed by atoms with Gasteiger partial charge in [0.25, 0.3) is 5.91 Å². The average molecular weight is 323 g/mol. The highest BCUT2D eigenvalue weighted by molar-refractivity contribution is 6.05. The monoisotopic (exact) mass is 323 g/mol. The lowest BCUT2D eigenvalue weighted by atomic mass is 9.89. The number of anilines is 1. The Morgan fingerprint density at radius 1 is 1.25 bits per heavy atom. The van der Waals surface area contributed by atoms with Crippen molar-refractivity contribution in [2.75, 3.05) is 5.32 Å². The summed E-state index contributed by atoms with van der Waals surface area (Å²) in [5, 5.41) is 14.2. The maximum atomic E-state index is 12.7. The average Bonchev–Trinajstić information content (AvgIpc) is 3.16. The number of carbonyl (C=O) groups excluding carboxylic acids is 1. The van der Waals surface area contributed by atoms with Crippen molar-refractivity contribution < 1.29 is 4.79 Å². The Bertz CT molecular complexity index is 856. The largest absolute Gasteiger partial charge is 0.322 e. The molecule has 1 amide bonds. The molecule has 0 bridgehead atoms. The molecular weight excluding hydrogens is 302 g/mol. The second-order valence-electron chi connectivity index (χ2n) is 6.84. The number of aromatic nitrogens is 4. The third kappa shape index (κ3) is 3.22. The number of hydrogen-bond acceptors (Lipinski definition) is 3. The fourth-order valence-corrected chi connectivity index (χ4v) is 2.59. The minimum atomic E-state index is -0.202. The summed E-state index contributed by atoms with van der Waals surface area (Å²) < 4.78 is 1.68. The number of carbonyl (C=O) groups is 1. The van der Waals surface area contributed by atoms with Crippen LogP contribution >= 0.6 is 0 Å². The zero-order valence-electron chi connectivity index (χ0n) is 14.3. The number of hydrogen-bond donors (Lipinski definition) is 2. The van der Waals surface area contributed by atoms with Crippen molar-refractivity contribution in [3.63, 3.8) is 0 Å². The fourth-order valence-electron chi connectivity index (χ4n) is 2.59. The van der Waals surface area contributed by atoms with Gasteiger partial charge in [-0.15, -0.1) is 0 Å². The van der Waals surface area contributed by atoms with Crippen molar-refractivity contribution in [3.05, 3.63) is 54.1 Å². The fraction of sp³-hybridized carbons (Fsp3) is 0.278. The molecule has 124 valence electrons. The van der Waals surface area contributed by atoms with E-state index in [1.807, 2.05) is 58.3 Å². The Hall–Kier alpha value is -2.89. The molecule has 6 nitrogen and oxygen atoms in total. The summed E-state index contributed by atoms with van der Waals surface area (Å²) in [6.45, 7) is 6.14. The number of aryl methyl sites for hydroxylation is 1. The molecule has 24 heavy (non-hydrogen) atoms. The Balaban J connectivity index is 1.87. The maximum absolute atomic E-state index is 12.7. The van der Waals surface area contributed by atoms with Gasteiger partial charge in [0.1, 0.15) is 0 Å². The Morgan fingerprint density at radius 3 is 2.71 bits per heavy atom. The standard InChI is InChI=1S/C18H21N5O/c1-18(2,3)16-15(11-23(4)22-16)17(24)21-14-7-5-6-12(8-14)13-9-19-20-10-13/h5-11H,1-4H3,(H,19,20)(H,21,24). The molecule has 2 N–H and O–H groups in total. The van der Waals surface area contributed by atoms with Crippen LogP contribution in [0.3, 0.4) is 0 Å². The molecule has 0 atom stereocenters. The van der Waals surface area contributed by atoms with Gasteiger partial charge in [-0.1, -0.05) is 32.9 Å². The molecule has 0 saturated heterocycles. The highest BCUT2D eigenvalue weighted by Gasteiger charge is 2.25. The van der Waals surface area contributed by atoms with Gasteiger partial charge in [0.15, 0.2) is 0 Å². The molecular formula is C18H21N5O. The SMILES string of the molecule is Cn1cc(C(=O)Nc2cccc(-c3cn[nH]c3)c2)c(C(C)(C)C)n1. The lowest BCUT2D eigenvalue weighted by Crippen LogP contribution is -2.20. The van der Waals surface area contributed by atoms with Crippen LogP contribution in [0.15, 0.2) is 42.9 Å². The normalized spacial score (nSPS) is 11.5. The summed E-state index contributed by atoms with van der Waals surface area (Å²) in [7, 11) is 1.82. The lowest BCUT2D eigenvalue weighted by molar-refractivity contribution is 0.102. The van der Waals surface area contributed by atoms with E-state index in [4.69, 9.17) is 0 Å². The lowest BCUT2D eigenvalue weighted by Gasteiger charge is -2.17. The van der Waals surface area contributed by atoms with E-state index in [0.717, 1.165) is 22.5 Å². The molecule has 0 aliphatic carbocycles. The van der Waals surface area contributed by atoms with Gasteiger partial charge in [-0.3, -0.25) is 14.6 Å². The molecule has 2 aromatic heterocycles. The van der Waals surface area contributed by atoms with Gasteiger partial charge in [0.05, 0.1) is 17.5 Å². The van der Waals surface area contributed by atoms with Crippen LogP contribution in [0.1, 0.15) is 36.8 Å². The van der Waals surface area contributed by atoms with Crippen molar-refractivity contribution >= 4 is 11.6 Å². The van der Waals surface area contributed by atoms with E-state index in [9.17, 15) is 4.79 Å². The van der Waals surface area contributed by atoms with Crippen LogP contribution in [0.25, 0.3) is 11.1 Å². The molecule has 3 aromatic rings. The number of nitrogens with zero attached hydrogens (tertiary/aromatic N) is 3. The van der Waals surface area contributed by atoms with Crippen molar-refractivity contribution in [2.24, 2.45) is 7.05 Å². The quantitative estimate of drug-likeness (QED) is 0.776. The number of benzene rings is 1. The van der Waals surface area contributed by atoms with E-state index in [1.165, 1.54) is 0 Å². The van der Waals surface area contributed by atoms with Gasteiger partial charge in [-0.05, 0) is 17.7 Å². The van der Waals surface area contributed by atoms with Gasteiger partial charge in [0.2, 0.25) is 0 Å². The molecule has 0 radical (unpaired) electrons. The summed E-state index contributed by atoms with van der Waals surface area (Å²) in [6, 6.07) is 7.68. The van der Waals surface area contributed by atoms with Crippen molar-refractivity contribution in [2.45, 2.75) is 26.2 Å². The molecule has 3 rings (SSSR count). The zero-order chi connectivity index (χ0) is 17.3. The van der Waals surface area contributed by atoms with Crippen molar-refractivity contribution in [1.29, 1.82) is 0 Å². The van der Waals surface area contributed by atoms with Gasteiger partial charge in [-0.2, -0.15) is 10.2 Å². The van der Waals surface area contributed by atoms with Crippen LogP contribution < -0.4 is 5.32 Å². The predicted octanol–water partition coefficient (Wildman–Crippen LogP) is 3.36. The summed E-state index contributed by atoms with van der Waals surface area (Å²) in [5.74, 6) is -0.155. The van der Waals surface area contributed by atoms with Gasteiger partial charge >= 0.3 is 0 Å². The molecule has 0 aliphatic heterocycles. The Kier molecular flexibility index (Phi) is 3.97. The Morgan fingerprint density at radius 2 is 2.04 bits per heavy atom. The van der Waals surface area contributed by atoms with E-state index >= 15 is 0 Å². The van der Waals surface area contributed by atoms with Crippen LogP contribution in [0, 0.1) is 0 Å². The summed E-state index contributed by atoms with van der Waals surface area (Å²) >= 11 is 0. The van der Waals surface area contributed by atoms with Gasteiger partial charge in [0, 0.05) is 36.1 Å². The minimum absolute atomic E-state index is 0.155. The van der Waals surface area contributed by atoms with E-state index in [0.29, 0.717) is 5.56 Å². The third-order valence-corrected chi connectivity index (χ3v) is 3.74. The third-order valence-electron chi connectivity index (χ3n) is 3.74. The summed E-state index contributed by atoms with van der Waals surface area (Å²) in [4.78, 5) is 12.7. The smallest absolute Gasteiger partial charge is 0.259 e. The zero-order valence-corrected chi connectivity index (χ0v) is 14.3. The summed E-state index contributed by atoms with van der Waals surface area (Å²) in [5.41, 5.74) is 3.88. The molecule has 2 heterocycles. The topological polar surface area (TPSA) is 75.6 Å². The molecule has 6 heteroatoms. The van der Waals surface area contributed by atoms with Gasteiger partial charge in [-0.25, -0.2) is 0 Å². The van der Waals surface area contributed by atoms with Crippen LogP contribution in [-0.2, 0) is 12.5 Å². The first-order valence-electron chi connectivity index (χ1n) is 7.79. The molecule has 1 aromatic carbocycles. The van der Waals surface area contributed by atoms with Crippen LogP contribution in [0.2, 0.25) is 0 Å². The number of amides is 1. The predicted molar refractivity (Wildman–Crippen MR) is 93.9 cm³/mol. The first-order chi connectivity index (χ1) is 11.3. The second-order valence-corrected chi connectivity index (χ2v) is 6.84. The number of rotatable bonds is 3. The van der Waals surface area contributed by atoms with Crippen molar-refractivity contribution in [3.8, 4) is 11.1 Å². The second kappa shape index (κ2) is 5.96.